The average Bonchev–Trinajstić information content (AvgIpc) is 3.03. The zero-order valence-corrected chi connectivity index (χ0v) is 13.6. The van der Waals surface area contributed by atoms with E-state index < -0.39 is 0 Å². The highest BCUT2D eigenvalue weighted by Crippen LogP contribution is 2.27. The van der Waals surface area contributed by atoms with Gasteiger partial charge >= 0.3 is 0 Å². The zero-order chi connectivity index (χ0) is 16.2. The fraction of sp³-hybridized carbons (Fsp3) is 0.263. The van der Waals surface area contributed by atoms with Crippen LogP contribution in [0.2, 0.25) is 0 Å². The molecule has 0 aliphatic heterocycles. The Labute approximate surface area is 136 Å². The molecule has 23 heavy (non-hydrogen) atoms. The van der Waals surface area contributed by atoms with E-state index in [1.54, 1.807) is 0 Å². The number of hydrogen-bond acceptors (Lipinski definition) is 4. The standard InChI is InChI=1S/C19H20N2O2/c1-13(2)16-6-4-5-7-17(16)22-12-18-20-21-19(23-18)15-10-8-14(3)9-11-15/h4-11,13H,12H2,1-3H3. The molecule has 0 fully saturated rings. The maximum atomic E-state index is 5.86. The van der Waals surface area contributed by atoms with Gasteiger partial charge in [-0.2, -0.15) is 0 Å². The van der Waals surface area contributed by atoms with Gasteiger partial charge in [0.15, 0.2) is 6.61 Å². The van der Waals surface area contributed by atoms with E-state index in [-0.39, 0.29) is 6.61 Å². The van der Waals surface area contributed by atoms with Crippen molar-refractivity contribution in [1.29, 1.82) is 0 Å². The third-order valence-corrected chi connectivity index (χ3v) is 3.66. The third kappa shape index (κ3) is 3.59. The second-order valence-corrected chi connectivity index (χ2v) is 5.85. The van der Waals surface area contributed by atoms with Crippen molar-refractivity contribution in [3.05, 3.63) is 65.5 Å². The summed E-state index contributed by atoms with van der Waals surface area (Å²) < 4.78 is 11.5. The maximum Gasteiger partial charge on any atom is 0.254 e. The zero-order valence-electron chi connectivity index (χ0n) is 13.6. The van der Waals surface area contributed by atoms with Crippen LogP contribution in [-0.2, 0) is 6.61 Å². The second-order valence-electron chi connectivity index (χ2n) is 5.85. The number of para-hydroxylation sites is 1. The van der Waals surface area contributed by atoms with Gasteiger partial charge in [-0.25, -0.2) is 0 Å². The van der Waals surface area contributed by atoms with Crippen molar-refractivity contribution in [3.8, 4) is 17.2 Å². The van der Waals surface area contributed by atoms with Crippen LogP contribution in [0.15, 0.2) is 52.9 Å². The summed E-state index contributed by atoms with van der Waals surface area (Å²) in [6.45, 7) is 6.60. The number of aryl methyl sites for hydroxylation is 1. The number of hydrogen-bond donors (Lipinski definition) is 0. The van der Waals surface area contributed by atoms with Crippen molar-refractivity contribution < 1.29 is 9.15 Å². The smallest absolute Gasteiger partial charge is 0.254 e. The predicted molar refractivity (Wildman–Crippen MR) is 89.3 cm³/mol. The molecule has 118 valence electrons. The molecule has 1 aromatic heterocycles. The minimum absolute atomic E-state index is 0.266. The Kier molecular flexibility index (Phi) is 4.42. The highest BCUT2D eigenvalue weighted by Gasteiger charge is 2.11. The van der Waals surface area contributed by atoms with E-state index in [1.165, 1.54) is 11.1 Å². The lowest BCUT2D eigenvalue weighted by Crippen LogP contribution is -1.99. The minimum Gasteiger partial charge on any atom is -0.484 e. The quantitative estimate of drug-likeness (QED) is 0.682. The molecular formula is C19H20N2O2. The minimum atomic E-state index is 0.266. The van der Waals surface area contributed by atoms with Crippen LogP contribution in [-0.4, -0.2) is 10.2 Å². The topological polar surface area (TPSA) is 48.2 Å². The van der Waals surface area contributed by atoms with Crippen LogP contribution in [0.5, 0.6) is 5.75 Å². The van der Waals surface area contributed by atoms with E-state index in [4.69, 9.17) is 9.15 Å². The maximum absolute atomic E-state index is 5.86. The van der Waals surface area contributed by atoms with Crippen LogP contribution in [0.3, 0.4) is 0 Å². The van der Waals surface area contributed by atoms with Crippen LogP contribution in [0.4, 0.5) is 0 Å². The fourth-order valence-corrected chi connectivity index (χ4v) is 2.35. The largest absolute Gasteiger partial charge is 0.484 e. The van der Waals surface area contributed by atoms with Gasteiger partial charge < -0.3 is 9.15 Å². The molecule has 2 aromatic carbocycles. The van der Waals surface area contributed by atoms with E-state index in [9.17, 15) is 0 Å². The molecule has 4 nitrogen and oxygen atoms in total. The Hall–Kier alpha value is -2.62. The van der Waals surface area contributed by atoms with E-state index in [1.807, 2.05) is 49.4 Å². The lowest BCUT2D eigenvalue weighted by Gasteiger charge is -2.12. The Morgan fingerprint density at radius 1 is 1.00 bits per heavy atom. The molecular weight excluding hydrogens is 288 g/mol. The highest BCUT2D eigenvalue weighted by molar-refractivity contribution is 5.52. The Bertz CT molecular complexity index is 776. The van der Waals surface area contributed by atoms with Crippen molar-refractivity contribution in [3.63, 3.8) is 0 Å². The Balaban J connectivity index is 1.72. The third-order valence-electron chi connectivity index (χ3n) is 3.66. The fourth-order valence-electron chi connectivity index (χ4n) is 2.35. The van der Waals surface area contributed by atoms with Crippen molar-refractivity contribution in [2.75, 3.05) is 0 Å². The molecule has 3 aromatic rings. The van der Waals surface area contributed by atoms with Crippen LogP contribution in [0, 0.1) is 6.92 Å². The highest BCUT2D eigenvalue weighted by atomic mass is 16.5. The molecule has 3 rings (SSSR count). The first-order valence-electron chi connectivity index (χ1n) is 7.74. The van der Waals surface area contributed by atoms with Gasteiger partial charge in [0, 0.05) is 5.56 Å². The number of ether oxygens (including phenoxy) is 1. The van der Waals surface area contributed by atoms with E-state index in [0.717, 1.165) is 11.3 Å². The van der Waals surface area contributed by atoms with Gasteiger partial charge in [-0.05, 0) is 36.6 Å². The molecule has 0 aliphatic rings. The van der Waals surface area contributed by atoms with Gasteiger partial charge in [0.25, 0.3) is 5.89 Å². The van der Waals surface area contributed by atoms with Crippen molar-refractivity contribution >= 4 is 0 Å². The van der Waals surface area contributed by atoms with Crippen molar-refractivity contribution in [2.24, 2.45) is 0 Å². The van der Waals surface area contributed by atoms with Crippen LogP contribution >= 0.6 is 0 Å². The predicted octanol–water partition coefficient (Wildman–Crippen LogP) is 4.75. The van der Waals surface area contributed by atoms with Gasteiger partial charge in [0.1, 0.15) is 5.75 Å². The molecule has 0 bridgehead atoms. The summed E-state index contributed by atoms with van der Waals surface area (Å²) in [5, 5.41) is 8.15. The Morgan fingerprint density at radius 2 is 1.74 bits per heavy atom. The molecule has 1 heterocycles. The summed E-state index contributed by atoms with van der Waals surface area (Å²) in [4.78, 5) is 0. The molecule has 0 saturated carbocycles. The number of rotatable bonds is 5. The molecule has 4 heteroatoms. The first-order chi connectivity index (χ1) is 11.1. The van der Waals surface area contributed by atoms with Gasteiger partial charge in [-0.15, -0.1) is 10.2 Å². The Morgan fingerprint density at radius 3 is 2.48 bits per heavy atom. The first kappa shape index (κ1) is 15.3. The second kappa shape index (κ2) is 6.65. The van der Waals surface area contributed by atoms with Gasteiger partial charge in [-0.3, -0.25) is 0 Å². The van der Waals surface area contributed by atoms with Gasteiger partial charge in [-0.1, -0.05) is 49.7 Å². The van der Waals surface area contributed by atoms with Crippen LogP contribution < -0.4 is 4.74 Å². The summed E-state index contributed by atoms with van der Waals surface area (Å²) in [7, 11) is 0. The summed E-state index contributed by atoms with van der Waals surface area (Å²) in [6, 6.07) is 16.0. The molecule has 0 aliphatic carbocycles. The summed E-state index contributed by atoms with van der Waals surface area (Å²) in [5.74, 6) is 2.24. The molecule has 0 amide bonds. The van der Waals surface area contributed by atoms with Crippen molar-refractivity contribution in [1.82, 2.24) is 10.2 Å². The van der Waals surface area contributed by atoms with Gasteiger partial charge in [0.05, 0.1) is 0 Å². The SMILES string of the molecule is Cc1ccc(-c2nnc(COc3ccccc3C(C)C)o2)cc1. The van der Waals surface area contributed by atoms with E-state index >= 15 is 0 Å². The summed E-state index contributed by atoms with van der Waals surface area (Å²) in [6.07, 6.45) is 0. The monoisotopic (exact) mass is 308 g/mol. The molecule has 0 unspecified atom stereocenters. The number of benzene rings is 2. The van der Waals surface area contributed by atoms with Gasteiger partial charge in [0.2, 0.25) is 5.89 Å². The molecule has 0 atom stereocenters. The lowest BCUT2D eigenvalue weighted by atomic mass is 10.0. The number of aromatic nitrogens is 2. The molecule has 0 saturated heterocycles. The average molecular weight is 308 g/mol. The molecule has 0 N–H and O–H groups in total. The normalized spacial score (nSPS) is 11.0. The molecule has 0 spiro atoms. The number of nitrogens with zero attached hydrogens (tertiary/aromatic N) is 2. The van der Waals surface area contributed by atoms with E-state index in [0.29, 0.717) is 17.7 Å². The van der Waals surface area contributed by atoms with Crippen LogP contribution in [0.1, 0.15) is 36.8 Å². The van der Waals surface area contributed by atoms with E-state index in [2.05, 4.69) is 30.1 Å². The lowest BCUT2D eigenvalue weighted by molar-refractivity contribution is 0.261. The summed E-state index contributed by atoms with van der Waals surface area (Å²) in [5.41, 5.74) is 3.28. The molecule has 0 radical (unpaired) electrons. The van der Waals surface area contributed by atoms with Crippen LogP contribution in [0.25, 0.3) is 11.5 Å². The summed E-state index contributed by atoms with van der Waals surface area (Å²) >= 11 is 0. The van der Waals surface area contributed by atoms with Crippen molar-refractivity contribution in [2.45, 2.75) is 33.3 Å². The first-order valence-corrected chi connectivity index (χ1v) is 7.74.